The zero-order valence-corrected chi connectivity index (χ0v) is 12.5. The van der Waals surface area contributed by atoms with Crippen molar-refractivity contribution in [3.63, 3.8) is 0 Å². The van der Waals surface area contributed by atoms with Gasteiger partial charge < -0.3 is 10.5 Å². The van der Waals surface area contributed by atoms with E-state index in [0.717, 1.165) is 24.2 Å². The molecule has 0 amide bonds. The van der Waals surface area contributed by atoms with Gasteiger partial charge in [0.05, 0.1) is 7.11 Å². The molecule has 2 aromatic carbocycles. The fraction of sp³-hybridized carbons (Fsp3) is 0.333. The second-order valence-electron chi connectivity index (χ2n) is 5.32. The molecule has 20 heavy (non-hydrogen) atoms. The van der Waals surface area contributed by atoms with Crippen LogP contribution in [0.2, 0.25) is 0 Å². The molecule has 2 aromatic rings. The lowest BCUT2D eigenvalue weighted by Crippen LogP contribution is -2.13. The number of methoxy groups -OCH3 is 1. The highest BCUT2D eigenvalue weighted by Crippen LogP contribution is 2.28. The summed E-state index contributed by atoms with van der Waals surface area (Å²) < 4.78 is 5.42. The molecule has 0 fully saturated rings. The molecule has 1 atom stereocenters. The van der Waals surface area contributed by atoms with Crippen molar-refractivity contribution in [2.75, 3.05) is 7.11 Å². The molecule has 0 saturated heterocycles. The topological polar surface area (TPSA) is 35.2 Å². The number of hydrogen-bond donors (Lipinski definition) is 1. The van der Waals surface area contributed by atoms with E-state index in [1.807, 2.05) is 6.07 Å². The molecule has 0 bridgehead atoms. The van der Waals surface area contributed by atoms with Gasteiger partial charge in [-0.3, -0.25) is 0 Å². The first-order valence-corrected chi connectivity index (χ1v) is 7.06. The summed E-state index contributed by atoms with van der Waals surface area (Å²) in [4.78, 5) is 0. The van der Waals surface area contributed by atoms with Crippen molar-refractivity contribution >= 4 is 0 Å². The molecule has 0 aliphatic carbocycles. The lowest BCUT2D eigenvalue weighted by atomic mass is 9.96. The Balaban J connectivity index is 2.11. The van der Waals surface area contributed by atoms with Crippen molar-refractivity contribution in [2.45, 2.75) is 32.7 Å². The van der Waals surface area contributed by atoms with Gasteiger partial charge in [0.25, 0.3) is 0 Å². The molecule has 106 valence electrons. The third-order valence-electron chi connectivity index (χ3n) is 3.77. The summed E-state index contributed by atoms with van der Waals surface area (Å²) in [6, 6.07) is 14.7. The minimum absolute atomic E-state index is 0.00413. The predicted molar refractivity (Wildman–Crippen MR) is 84.2 cm³/mol. The van der Waals surface area contributed by atoms with E-state index in [2.05, 4.69) is 50.2 Å². The SMILES string of the molecule is COc1ccc(C)cc1C(N)CCc1ccccc1C. The van der Waals surface area contributed by atoms with E-state index >= 15 is 0 Å². The molecule has 0 aliphatic rings. The van der Waals surface area contributed by atoms with Gasteiger partial charge in [-0.05, 0) is 43.9 Å². The molecular formula is C18H23NO. The Kier molecular flexibility index (Phi) is 4.80. The largest absolute Gasteiger partial charge is 0.496 e. The summed E-state index contributed by atoms with van der Waals surface area (Å²) in [5, 5.41) is 0. The average molecular weight is 269 g/mol. The summed E-state index contributed by atoms with van der Waals surface area (Å²) in [7, 11) is 1.70. The van der Waals surface area contributed by atoms with Crippen molar-refractivity contribution < 1.29 is 4.74 Å². The lowest BCUT2D eigenvalue weighted by Gasteiger charge is -2.17. The Morgan fingerprint density at radius 2 is 1.85 bits per heavy atom. The monoisotopic (exact) mass is 269 g/mol. The molecule has 2 N–H and O–H groups in total. The van der Waals surface area contributed by atoms with Gasteiger partial charge in [0, 0.05) is 11.6 Å². The van der Waals surface area contributed by atoms with Gasteiger partial charge in [-0.25, -0.2) is 0 Å². The van der Waals surface area contributed by atoms with Crippen LogP contribution in [0.15, 0.2) is 42.5 Å². The highest BCUT2D eigenvalue weighted by Gasteiger charge is 2.12. The third-order valence-corrected chi connectivity index (χ3v) is 3.77. The van der Waals surface area contributed by atoms with Crippen LogP contribution in [-0.2, 0) is 6.42 Å². The molecule has 0 heterocycles. The number of aryl methyl sites for hydroxylation is 3. The van der Waals surface area contributed by atoms with Gasteiger partial charge in [0.15, 0.2) is 0 Å². The van der Waals surface area contributed by atoms with Gasteiger partial charge in [-0.15, -0.1) is 0 Å². The van der Waals surface area contributed by atoms with Crippen molar-refractivity contribution in [1.29, 1.82) is 0 Å². The minimum Gasteiger partial charge on any atom is -0.496 e. The normalized spacial score (nSPS) is 12.2. The van der Waals surface area contributed by atoms with Crippen molar-refractivity contribution in [3.8, 4) is 5.75 Å². The van der Waals surface area contributed by atoms with Crippen molar-refractivity contribution in [1.82, 2.24) is 0 Å². The van der Waals surface area contributed by atoms with E-state index in [1.54, 1.807) is 7.11 Å². The van der Waals surface area contributed by atoms with E-state index in [-0.39, 0.29) is 6.04 Å². The number of benzene rings is 2. The van der Waals surface area contributed by atoms with Gasteiger partial charge in [-0.2, -0.15) is 0 Å². The maximum Gasteiger partial charge on any atom is 0.123 e. The molecule has 0 aromatic heterocycles. The van der Waals surface area contributed by atoms with Crippen molar-refractivity contribution in [2.24, 2.45) is 5.73 Å². The fourth-order valence-corrected chi connectivity index (χ4v) is 2.50. The first-order valence-electron chi connectivity index (χ1n) is 7.06. The minimum atomic E-state index is 0.00413. The second-order valence-corrected chi connectivity index (χ2v) is 5.32. The molecule has 0 spiro atoms. The molecule has 2 rings (SSSR count). The Hall–Kier alpha value is -1.80. The Morgan fingerprint density at radius 1 is 1.10 bits per heavy atom. The number of ether oxygens (including phenoxy) is 1. The van der Waals surface area contributed by atoms with Crippen LogP contribution in [0, 0.1) is 13.8 Å². The molecule has 2 nitrogen and oxygen atoms in total. The van der Waals surface area contributed by atoms with Crippen molar-refractivity contribution in [3.05, 3.63) is 64.7 Å². The second kappa shape index (κ2) is 6.58. The average Bonchev–Trinajstić information content (AvgIpc) is 2.46. The molecule has 0 aliphatic heterocycles. The summed E-state index contributed by atoms with van der Waals surface area (Å²) in [6.07, 6.45) is 1.91. The van der Waals surface area contributed by atoms with E-state index in [9.17, 15) is 0 Å². The van der Waals surface area contributed by atoms with E-state index in [0.29, 0.717) is 0 Å². The summed E-state index contributed by atoms with van der Waals surface area (Å²) in [5.74, 6) is 0.882. The first kappa shape index (κ1) is 14.6. The van der Waals surface area contributed by atoms with E-state index in [4.69, 9.17) is 10.5 Å². The Bertz CT molecular complexity index is 577. The Morgan fingerprint density at radius 3 is 2.55 bits per heavy atom. The molecule has 0 radical (unpaired) electrons. The third kappa shape index (κ3) is 3.40. The van der Waals surface area contributed by atoms with Crippen LogP contribution in [0.3, 0.4) is 0 Å². The van der Waals surface area contributed by atoms with Gasteiger partial charge >= 0.3 is 0 Å². The predicted octanol–water partition coefficient (Wildman–Crippen LogP) is 3.94. The maximum atomic E-state index is 6.36. The quantitative estimate of drug-likeness (QED) is 0.892. The van der Waals surface area contributed by atoms with Crippen LogP contribution in [0.4, 0.5) is 0 Å². The summed E-state index contributed by atoms with van der Waals surface area (Å²) in [5.41, 5.74) is 11.4. The maximum absolute atomic E-state index is 6.36. The zero-order chi connectivity index (χ0) is 14.5. The van der Waals surface area contributed by atoms with E-state index < -0.39 is 0 Å². The molecule has 1 unspecified atom stereocenters. The Labute approximate surface area is 121 Å². The molecule has 0 saturated carbocycles. The van der Waals surface area contributed by atoms with Gasteiger partial charge in [0.1, 0.15) is 5.75 Å². The van der Waals surface area contributed by atoms with Crippen LogP contribution in [0.5, 0.6) is 5.75 Å². The fourth-order valence-electron chi connectivity index (χ4n) is 2.50. The van der Waals surface area contributed by atoms with Crippen LogP contribution in [0.25, 0.3) is 0 Å². The first-order chi connectivity index (χ1) is 9.61. The number of nitrogens with two attached hydrogens (primary N) is 1. The van der Waals surface area contributed by atoms with Crippen LogP contribution >= 0.6 is 0 Å². The lowest BCUT2D eigenvalue weighted by molar-refractivity contribution is 0.404. The highest BCUT2D eigenvalue weighted by molar-refractivity contribution is 5.39. The smallest absolute Gasteiger partial charge is 0.123 e. The number of rotatable bonds is 5. The van der Waals surface area contributed by atoms with Gasteiger partial charge in [-0.1, -0.05) is 42.0 Å². The zero-order valence-electron chi connectivity index (χ0n) is 12.5. The molecular weight excluding hydrogens is 246 g/mol. The standard InChI is InChI=1S/C18H23NO/c1-13-8-11-18(20-3)16(12-13)17(19)10-9-15-7-5-4-6-14(15)2/h4-8,11-12,17H,9-10,19H2,1-3H3. The molecule has 2 heteroatoms. The van der Waals surface area contributed by atoms with Crippen LogP contribution in [-0.4, -0.2) is 7.11 Å². The summed E-state index contributed by atoms with van der Waals surface area (Å²) >= 11 is 0. The van der Waals surface area contributed by atoms with Crippen LogP contribution < -0.4 is 10.5 Å². The van der Waals surface area contributed by atoms with Gasteiger partial charge in [0.2, 0.25) is 0 Å². The summed E-state index contributed by atoms with van der Waals surface area (Å²) in [6.45, 7) is 4.23. The van der Waals surface area contributed by atoms with E-state index in [1.165, 1.54) is 16.7 Å². The van der Waals surface area contributed by atoms with Crippen LogP contribution in [0.1, 0.15) is 34.7 Å². The number of hydrogen-bond acceptors (Lipinski definition) is 2. The highest BCUT2D eigenvalue weighted by atomic mass is 16.5.